The first-order valence-electron chi connectivity index (χ1n) is 9.55. The molecule has 4 rings (SSSR count). The van der Waals surface area contributed by atoms with Gasteiger partial charge in [-0.3, -0.25) is 4.79 Å². The lowest BCUT2D eigenvalue weighted by Crippen LogP contribution is -2.41. The van der Waals surface area contributed by atoms with E-state index in [0.29, 0.717) is 22.3 Å². The maximum atomic E-state index is 12.9. The highest BCUT2D eigenvalue weighted by atomic mass is 35.5. The van der Waals surface area contributed by atoms with E-state index in [1.165, 1.54) is 6.26 Å². The van der Waals surface area contributed by atoms with Gasteiger partial charge >= 0.3 is 0 Å². The molecule has 0 saturated carbocycles. The smallest absolute Gasteiger partial charge is 0.270 e. The van der Waals surface area contributed by atoms with Gasteiger partial charge in [0.1, 0.15) is 17.5 Å². The van der Waals surface area contributed by atoms with E-state index in [2.05, 4.69) is 10.3 Å². The van der Waals surface area contributed by atoms with Crippen LogP contribution in [0.25, 0.3) is 11.3 Å². The number of nitrogens with one attached hydrogen (secondary N) is 1. The number of halogens is 1. The molecule has 6 nitrogen and oxygen atoms in total. The van der Waals surface area contributed by atoms with Crippen LogP contribution in [0.5, 0.6) is 0 Å². The van der Waals surface area contributed by atoms with Crippen molar-refractivity contribution in [2.75, 3.05) is 6.61 Å². The van der Waals surface area contributed by atoms with E-state index < -0.39 is 5.54 Å². The summed E-state index contributed by atoms with van der Waals surface area (Å²) in [4.78, 5) is 21.8. The molecule has 0 bridgehead atoms. The number of carbonyl (C=O) groups is 1. The first-order valence-corrected chi connectivity index (χ1v) is 9.93. The molecule has 1 atom stereocenters. The van der Waals surface area contributed by atoms with Crippen LogP contribution in [0, 0.1) is 0 Å². The molecule has 0 aliphatic carbocycles. The molecular weight excluding hydrogens is 390 g/mol. The van der Waals surface area contributed by atoms with Crippen molar-refractivity contribution in [2.24, 2.45) is 0 Å². The van der Waals surface area contributed by atoms with Crippen LogP contribution < -0.4 is 5.32 Å². The minimum absolute atomic E-state index is 0.0302. The minimum atomic E-state index is -0.772. The average molecular weight is 412 g/mol. The first-order chi connectivity index (χ1) is 13.9. The molecule has 1 saturated heterocycles. The number of benzene rings is 1. The van der Waals surface area contributed by atoms with Gasteiger partial charge in [0.25, 0.3) is 5.91 Å². The number of aromatic nitrogens is 2. The second kappa shape index (κ2) is 7.97. The lowest BCUT2D eigenvalue weighted by Gasteiger charge is -2.23. The van der Waals surface area contributed by atoms with E-state index >= 15 is 0 Å². The number of rotatable bonds is 5. The zero-order chi connectivity index (χ0) is 20.4. The summed E-state index contributed by atoms with van der Waals surface area (Å²) in [5.41, 5.74) is 2.06. The first kappa shape index (κ1) is 19.6. The standard InChI is InChI=1S/C22H22ClN3O3/c1-22(2,21-24-10-12-29-21)26-20(27)17-9-8-16(18-7-4-11-28-18)19(25-17)14-5-3-6-15(23)13-14/h3,5-6,8-10,12-13,18H,4,7,11H2,1-2H3,(H,26,27). The van der Waals surface area contributed by atoms with E-state index in [1.54, 1.807) is 12.3 Å². The van der Waals surface area contributed by atoms with Gasteiger partial charge in [-0.15, -0.1) is 0 Å². The Bertz CT molecular complexity index is 1010. The quantitative estimate of drug-likeness (QED) is 0.645. The normalized spacial score (nSPS) is 16.7. The highest BCUT2D eigenvalue weighted by Gasteiger charge is 2.29. The van der Waals surface area contributed by atoms with Gasteiger partial charge in [-0.25, -0.2) is 9.97 Å². The van der Waals surface area contributed by atoms with Gasteiger partial charge < -0.3 is 14.5 Å². The Labute approximate surface area is 174 Å². The largest absolute Gasteiger partial charge is 0.446 e. The molecule has 1 unspecified atom stereocenters. The molecule has 1 aliphatic rings. The Morgan fingerprint density at radius 2 is 2.14 bits per heavy atom. The van der Waals surface area contributed by atoms with Crippen LogP contribution in [-0.2, 0) is 10.3 Å². The van der Waals surface area contributed by atoms with E-state index in [4.69, 9.17) is 25.7 Å². The highest BCUT2D eigenvalue weighted by molar-refractivity contribution is 6.30. The maximum Gasteiger partial charge on any atom is 0.270 e. The molecule has 1 aliphatic heterocycles. The van der Waals surface area contributed by atoms with Gasteiger partial charge in [0.15, 0.2) is 0 Å². The number of amides is 1. The summed E-state index contributed by atoms with van der Waals surface area (Å²) >= 11 is 6.20. The molecule has 29 heavy (non-hydrogen) atoms. The zero-order valence-corrected chi connectivity index (χ0v) is 17.1. The molecule has 0 spiro atoms. The molecule has 3 aromatic rings. The molecule has 1 aromatic carbocycles. The second-order valence-corrected chi connectivity index (χ2v) is 8.00. The number of nitrogens with zero attached hydrogens (tertiary/aromatic N) is 2. The number of ether oxygens (including phenoxy) is 1. The fourth-order valence-electron chi connectivity index (χ4n) is 3.48. The van der Waals surface area contributed by atoms with Gasteiger partial charge in [0.05, 0.1) is 18.0 Å². The monoisotopic (exact) mass is 411 g/mol. The predicted molar refractivity (Wildman–Crippen MR) is 110 cm³/mol. The number of oxazole rings is 1. The third kappa shape index (κ3) is 4.18. The van der Waals surface area contributed by atoms with Gasteiger partial charge in [0.2, 0.25) is 5.89 Å². The molecule has 2 aromatic heterocycles. The Morgan fingerprint density at radius 3 is 2.83 bits per heavy atom. The Kier molecular flexibility index (Phi) is 5.39. The summed E-state index contributed by atoms with van der Waals surface area (Å²) in [5.74, 6) is 0.118. The molecular formula is C22H22ClN3O3. The average Bonchev–Trinajstić information content (AvgIpc) is 3.41. The van der Waals surface area contributed by atoms with E-state index in [9.17, 15) is 4.79 Å². The number of pyridine rings is 1. The van der Waals surface area contributed by atoms with E-state index in [0.717, 1.165) is 30.6 Å². The van der Waals surface area contributed by atoms with Gasteiger partial charge in [-0.1, -0.05) is 29.8 Å². The number of carbonyl (C=O) groups excluding carboxylic acids is 1. The fraction of sp³-hybridized carbons (Fsp3) is 0.318. The SMILES string of the molecule is CC(C)(NC(=O)c1ccc(C2CCCO2)c(-c2cccc(Cl)c2)n1)c1ncco1. The Hall–Kier alpha value is -2.70. The van der Waals surface area contributed by atoms with Gasteiger partial charge in [-0.2, -0.15) is 0 Å². The lowest BCUT2D eigenvalue weighted by molar-refractivity contribution is 0.0892. The minimum Gasteiger partial charge on any atom is -0.446 e. The van der Waals surface area contributed by atoms with Crippen molar-refractivity contribution in [3.05, 3.63) is 71.0 Å². The van der Waals surface area contributed by atoms with E-state index in [1.807, 2.05) is 44.2 Å². The van der Waals surface area contributed by atoms with Crippen molar-refractivity contribution in [1.82, 2.24) is 15.3 Å². The van der Waals surface area contributed by atoms with Crippen molar-refractivity contribution in [3.8, 4) is 11.3 Å². The van der Waals surface area contributed by atoms with Crippen LogP contribution in [0.15, 0.2) is 53.3 Å². The van der Waals surface area contributed by atoms with Crippen molar-refractivity contribution in [1.29, 1.82) is 0 Å². The van der Waals surface area contributed by atoms with Gasteiger partial charge in [0, 0.05) is 22.8 Å². The van der Waals surface area contributed by atoms with Gasteiger partial charge in [-0.05, 0) is 44.9 Å². The molecule has 3 heterocycles. The summed E-state index contributed by atoms with van der Waals surface area (Å²) in [7, 11) is 0. The summed E-state index contributed by atoms with van der Waals surface area (Å²) in [6.45, 7) is 4.39. The van der Waals surface area contributed by atoms with E-state index in [-0.39, 0.29) is 12.0 Å². The second-order valence-electron chi connectivity index (χ2n) is 7.56. The molecule has 0 radical (unpaired) electrons. The molecule has 7 heteroatoms. The maximum absolute atomic E-state index is 12.9. The summed E-state index contributed by atoms with van der Waals surface area (Å²) in [5, 5.41) is 3.55. The van der Waals surface area contributed by atoms with Crippen molar-refractivity contribution >= 4 is 17.5 Å². The molecule has 150 valence electrons. The topological polar surface area (TPSA) is 77.2 Å². The summed E-state index contributed by atoms with van der Waals surface area (Å²) < 4.78 is 11.2. The third-order valence-electron chi connectivity index (χ3n) is 4.93. The fourth-order valence-corrected chi connectivity index (χ4v) is 3.67. The molecule has 1 N–H and O–H groups in total. The third-order valence-corrected chi connectivity index (χ3v) is 5.16. The summed E-state index contributed by atoms with van der Waals surface area (Å²) in [6.07, 6.45) is 4.94. The Balaban J connectivity index is 1.69. The van der Waals surface area contributed by atoms with Crippen LogP contribution in [0.4, 0.5) is 0 Å². The van der Waals surface area contributed by atoms with Crippen molar-refractivity contribution in [3.63, 3.8) is 0 Å². The number of hydrogen-bond donors (Lipinski definition) is 1. The zero-order valence-electron chi connectivity index (χ0n) is 16.3. The Morgan fingerprint density at radius 1 is 1.28 bits per heavy atom. The van der Waals surface area contributed by atoms with Crippen LogP contribution in [0.3, 0.4) is 0 Å². The summed E-state index contributed by atoms with van der Waals surface area (Å²) in [6, 6.07) is 11.1. The highest BCUT2D eigenvalue weighted by Crippen LogP contribution is 2.35. The van der Waals surface area contributed by atoms with Crippen molar-refractivity contribution in [2.45, 2.75) is 38.3 Å². The molecule has 1 amide bonds. The number of hydrogen-bond acceptors (Lipinski definition) is 5. The van der Waals surface area contributed by atoms with Crippen LogP contribution in [-0.4, -0.2) is 22.5 Å². The molecule has 1 fully saturated rings. The van der Waals surface area contributed by atoms with Crippen molar-refractivity contribution < 1.29 is 13.9 Å². The predicted octanol–water partition coefficient (Wildman–Crippen LogP) is 4.91. The lowest BCUT2D eigenvalue weighted by atomic mass is 9.99. The van der Waals surface area contributed by atoms with Crippen LogP contribution >= 0.6 is 11.6 Å². The van der Waals surface area contributed by atoms with Crippen LogP contribution in [0.1, 0.15) is 54.7 Å². The van der Waals surface area contributed by atoms with Crippen LogP contribution in [0.2, 0.25) is 5.02 Å².